The van der Waals surface area contributed by atoms with Gasteiger partial charge >= 0.3 is 5.97 Å². The molecule has 1 aliphatic rings. The van der Waals surface area contributed by atoms with Crippen LogP contribution in [0.3, 0.4) is 0 Å². The van der Waals surface area contributed by atoms with E-state index in [1.54, 1.807) is 36.7 Å². The number of esters is 1. The average Bonchev–Trinajstić information content (AvgIpc) is 3.49. The predicted octanol–water partition coefficient (Wildman–Crippen LogP) is 8.11. The number of unbranched alkanes of at least 4 members (excludes halogenated alkanes) is 1. The lowest BCUT2D eigenvalue weighted by atomic mass is 9.78. The fraction of sp³-hybridized carbons (Fsp3) is 0.275. The molecule has 1 aliphatic heterocycles. The number of fused-ring (bicyclic) bond motifs is 1. The number of rotatable bonds is 12. The van der Waals surface area contributed by atoms with E-state index < -0.39 is 11.9 Å². The van der Waals surface area contributed by atoms with Crippen LogP contribution in [0.1, 0.15) is 63.4 Å². The van der Waals surface area contributed by atoms with Gasteiger partial charge in [-0.3, -0.25) is 9.36 Å². The van der Waals surface area contributed by atoms with Crippen molar-refractivity contribution >= 4 is 40.5 Å². The lowest BCUT2D eigenvalue weighted by Crippen LogP contribution is -2.36. The number of carbonyl (C=O) groups excluding carboxylic acids is 2. The second kappa shape index (κ2) is 15.5. The molecule has 3 aromatic heterocycles. The summed E-state index contributed by atoms with van der Waals surface area (Å²) in [7, 11) is 0. The number of nitrogens with zero attached hydrogens (tertiary/aromatic N) is 4. The van der Waals surface area contributed by atoms with E-state index in [1.807, 2.05) is 63.2 Å². The zero-order valence-corrected chi connectivity index (χ0v) is 29.5. The minimum Gasteiger partial charge on any atom is -0.462 e. The van der Waals surface area contributed by atoms with Crippen LogP contribution in [-0.2, 0) is 27.2 Å². The number of pyridine rings is 2. The molecule has 256 valence electrons. The highest BCUT2D eigenvalue weighted by Crippen LogP contribution is 2.43. The fourth-order valence-electron chi connectivity index (χ4n) is 6.36. The molecule has 9 nitrogen and oxygen atoms in total. The second-order valence-electron chi connectivity index (χ2n) is 12.6. The monoisotopic (exact) mass is 688 g/mol. The van der Waals surface area contributed by atoms with Crippen molar-refractivity contribution in [1.82, 2.24) is 24.8 Å². The van der Waals surface area contributed by atoms with Crippen molar-refractivity contribution in [3.63, 3.8) is 0 Å². The third-order valence-corrected chi connectivity index (χ3v) is 9.16. The van der Waals surface area contributed by atoms with Crippen molar-refractivity contribution in [3.8, 4) is 5.69 Å². The van der Waals surface area contributed by atoms with Gasteiger partial charge in [-0.2, -0.15) is 0 Å². The highest BCUT2D eigenvalue weighted by molar-refractivity contribution is 6.31. The third-order valence-electron chi connectivity index (χ3n) is 8.82. The largest absolute Gasteiger partial charge is 0.462 e. The summed E-state index contributed by atoms with van der Waals surface area (Å²) in [4.78, 5) is 41.8. The molecule has 1 amide bonds. The number of allylic oxidation sites excluding steroid dienone is 2. The minimum atomic E-state index is -0.765. The number of ether oxygens (including phenoxy) is 1. The Hall–Kier alpha value is -5.28. The smallest absolute Gasteiger partial charge is 0.336 e. The van der Waals surface area contributed by atoms with Gasteiger partial charge in [0.15, 0.2) is 5.65 Å². The van der Waals surface area contributed by atoms with E-state index in [-0.39, 0.29) is 18.4 Å². The number of amides is 1. The molecule has 50 heavy (non-hydrogen) atoms. The third kappa shape index (κ3) is 7.33. The normalized spacial score (nSPS) is 14.6. The molecular weight excluding hydrogens is 648 g/mol. The van der Waals surface area contributed by atoms with Crippen LogP contribution in [-0.4, -0.2) is 38.0 Å². The number of aromatic nitrogens is 4. The molecule has 6 rings (SSSR count). The highest BCUT2D eigenvalue weighted by Gasteiger charge is 2.40. The van der Waals surface area contributed by atoms with Crippen molar-refractivity contribution in [3.05, 3.63) is 136 Å². The molecule has 0 spiro atoms. The van der Waals surface area contributed by atoms with E-state index in [2.05, 4.69) is 44.2 Å². The lowest BCUT2D eigenvalue weighted by Gasteiger charge is -2.33. The standard InChI is InChI=1S/C40H41ClN6O3/c1-5-6-16-33-45-31-14-11-23-43-38(31)47(33)28-19-17-27(18-20-28)21-24-50-40(49)36-35(29-12-7-8-13-30(29)41)34(26(4)44-37(36)25(2)3)39(48)46-32-15-9-10-22-42-32/h7-15,17-20,22-23,25,35,44H,5-6,16,21,24H2,1-4H3,(H,42,46,48). The van der Waals surface area contributed by atoms with Crippen LogP contribution in [0.2, 0.25) is 5.02 Å². The lowest BCUT2D eigenvalue weighted by molar-refractivity contribution is -0.139. The van der Waals surface area contributed by atoms with E-state index >= 15 is 0 Å². The Kier molecular flexibility index (Phi) is 10.7. The Morgan fingerprint density at radius 2 is 1.70 bits per heavy atom. The minimum absolute atomic E-state index is 0.0682. The van der Waals surface area contributed by atoms with E-state index in [1.165, 1.54) is 0 Å². The molecule has 2 N–H and O–H groups in total. The number of nitrogens with one attached hydrogen (secondary N) is 2. The Labute approximate surface area is 297 Å². The summed E-state index contributed by atoms with van der Waals surface area (Å²) < 4.78 is 8.11. The summed E-state index contributed by atoms with van der Waals surface area (Å²) in [5.41, 5.74) is 6.40. The SMILES string of the molecule is CCCCc1nc2cccnc2n1-c1ccc(CCOC(=O)C2=C(C(C)C)NC(C)=C(C(=O)Nc3ccccn3)C2c2ccccc2Cl)cc1. The van der Waals surface area contributed by atoms with Crippen LogP contribution in [0.5, 0.6) is 0 Å². The van der Waals surface area contributed by atoms with Crippen LogP contribution >= 0.6 is 11.6 Å². The predicted molar refractivity (Wildman–Crippen MR) is 197 cm³/mol. The van der Waals surface area contributed by atoms with Crippen molar-refractivity contribution in [2.75, 3.05) is 11.9 Å². The zero-order chi connectivity index (χ0) is 35.2. The van der Waals surface area contributed by atoms with Crippen molar-refractivity contribution < 1.29 is 14.3 Å². The van der Waals surface area contributed by atoms with Crippen LogP contribution in [0.25, 0.3) is 16.9 Å². The summed E-state index contributed by atoms with van der Waals surface area (Å²) in [6, 6.07) is 24.7. The summed E-state index contributed by atoms with van der Waals surface area (Å²) in [5, 5.41) is 6.70. The van der Waals surface area contributed by atoms with E-state index in [0.717, 1.165) is 47.5 Å². The van der Waals surface area contributed by atoms with Crippen molar-refractivity contribution in [2.45, 2.75) is 59.3 Å². The van der Waals surface area contributed by atoms with E-state index in [4.69, 9.17) is 21.3 Å². The van der Waals surface area contributed by atoms with Crippen LogP contribution in [0.4, 0.5) is 5.82 Å². The maximum absolute atomic E-state index is 14.1. The Morgan fingerprint density at radius 3 is 2.42 bits per heavy atom. The summed E-state index contributed by atoms with van der Waals surface area (Å²) >= 11 is 6.76. The average molecular weight is 689 g/mol. The first-order valence-electron chi connectivity index (χ1n) is 17.0. The van der Waals surface area contributed by atoms with Gasteiger partial charge in [0.05, 0.1) is 18.1 Å². The molecule has 2 aromatic carbocycles. The summed E-state index contributed by atoms with van der Waals surface area (Å²) in [5.74, 6) is -0.331. The van der Waals surface area contributed by atoms with Crippen LogP contribution in [0.15, 0.2) is 114 Å². The Balaban J connectivity index is 1.24. The van der Waals surface area contributed by atoms with Gasteiger partial charge in [0.1, 0.15) is 17.2 Å². The molecule has 1 unspecified atom stereocenters. The number of imidazole rings is 1. The number of hydrogen-bond donors (Lipinski definition) is 2. The van der Waals surface area contributed by atoms with Gasteiger partial charge in [0.25, 0.3) is 5.91 Å². The molecule has 0 aliphatic carbocycles. The Bertz CT molecular complexity index is 2070. The fourth-order valence-corrected chi connectivity index (χ4v) is 6.61. The van der Waals surface area contributed by atoms with Crippen LogP contribution < -0.4 is 10.6 Å². The molecular formula is C40H41ClN6O3. The number of dihydropyridines is 1. The molecule has 5 aromatic rings. The quantitative estimate of drug-likeness (QED) is 0.127. The summed E-state index contributed by atoms with van der Waals surface area (Å²) in [6.45, 7) is 8.16. The maximum atomic E-state index is 14.1. The molecule has 4 heterocycles. The highest BCUT2D eigenvalue weighted by atomic mass is 35.5. The number of benzene rings is 2. The molecule has 0 saturated carbocycles. The first-order valence-corrected chi connectivity index (χ1v) is 17.4. The molecule has 0 fully saturated rings. The van der Waals surface area contributed by atoms with E-state index in [9.17, 15) is 9.59 Å². The Morgan fingerprint density at radius 1 is 0.940 bits per heavy atom. The molecule has 0 bridgehead atoms. The second-order valence-corrected chi connectivity index (χ2v) is 13.0. The number of aryl methyl sites for hydroxylation is 1. The van der Waals surface area contributed by atoms with Gasteiger partial charge in [-0.05, 0) is 72.9 Å². The summed E-state index contributed by atoms with van der Waals surface area (Å²) in [6.07, 6.45) is 6.89. The molecule has 1 atom stereocenters. The molecule has 0 saturated heterocycles. The van der Waals surface area contributed by atoms with Gasteiger partial charge < -0.3 is 15.4 Å². The van der Waals surface area contributed by atoms with Gasteiger partial charge in [-0.15, -0.1) is 0 Å². The van der Waals surface area contributed by atoms with Crippen LogP contribution in [0, 0.1) is 5.92 Å². The maximum Gasteiger partial charge on any atom is 0.336 e. The topological polar surface area (TPSA) is 111 Å². The number of anilines is 1. The van der Waals surface area contributed by atoms with Gasteiger partial charge in [0, 0.05) is 52.9 Å². The van der Waals surface area contributed by atoms with Crippen molar-refractivity contribution in [1.29, 1.82) is 0 Å². The van der Waals surface area contributed by atoms with Crippen molar-refractivity contribution in [2.24, 2.45) is 5.92 Å². The van der Waals surface area contributed by atoms with Gasteiger partial charge in [-0.1, -0.05) is 75.2 Å². The molecule has 10 heteroatoms. The van der Waals surface area contributed by atoms with Gasteiger partial charge in [0.2, 0.25) is 0 Å². The van der Waals surface area contributed by atoms with E-state index in [0.29, 0.717) is 45.4 Å². The zero-order valence-electron chi connectivity index (χ0n) is 28.7. The molecule has 0 radical (unpaired) electrons. The first-order chi connectivity index (χ1) is 24.3. The number of halogens is 1. The number of hydrogen-bond acceptors (Lipinski definition) is 7. The number of carbonyl (C=O) groups is 2. The first kappa shape index (κ1) is 34.6. The van der Waals surface area contributed by atoms with Gasteiger partial charge in [-0.25, -0.2) is 19.7 Å².